The van der Waals surface area contributed by atoms with Crippen molar-refractivity contribution in [1.29, 1.82) is 0 Å². The Balaban J connectivity index is 2.65. The maximum absolute atomic E-state index is 10.9. The molecule has 0 bridgehead atoms. The van der Waals surface area contributed by atoms with Crippen molar-refractivity contribution in [2.24, 2.45) is 0 Å². The molecule has 3 heteroatoms. The zero-order chi connectivity index (χ0) is 10.8. The van der Waals surface area contributed by atoms with E-state index < -0.39 is 0 Å². The zero-order valence-electron chi connectivity index (χ0n) is 8.65. The van der Waals surface area contributed by atoms with Crippen molar-refractivity contribution in [2.45, 2.75) is 13.8 Å². The van der Waals surface area contributed by atoms with Crippen LogP contribution in [-0.4, -0.2) is 11.0 Å². The molecule has 0 aliphatic rings. The number of nitrogens with zero attached hydrogens (tertiary/aromatic N) is 1. The molecule has 0 unspecified atom stereocenters. The smallest absolute Gasteiger partial charge is 0.308 e. The Morgan fingerprint density at radius 1 is 1.27 bits per heavy atom. The first-order valence-electron chi connectivity index (χ1n) is 4.71. The summed E-state index contributed by atoms with van der Waals surface area (Å²) < 4.78 is 5.12. The number of hydrogen-bond acceptors (Lipinski definition) is 3. The van der Waals surface area contributed by atoms with Crippen molar-refractivity contribution in [3.63, 3.8) is 0 Å². The quantitative estimate of drug-likeness (QED) is 0.525. The molecule has 0 aliphatic carbocycles. The summed E-state index contributed by atoms with van der Waals surface area (Å²) in [5.41, 5.74) is 0.932. The van der Waals surface area contributed by atoms with Gasteiger partial charge in [-0.1, -0.05) is 12.1 Å². The number of hydrogen-bond donors (Lipinski definition) is 0. The molecular formula is C12H11NO2. The summed E-state index contributed by atoms with van der Waals surface area (Å²) in [5, 5.41) is 1.93. The van der Waals surface area contributed by atoms with Crippen LogP contribution in [0.4, 0.5) is 0 Å². The Hall–Kier alpha value is -1.90. The van der Waals surface area contributed by atoms with Crippen LogP contribution in [0.1, 0.15) is 12.6 Å². The minimum absolute atomic E-state index is 0.308. The Morgan fingerprint density at radius 3 is 2.80 bits per heavy atom. The highest BCUT2D eigenvalue weighted by Crippen LogP contribution is 2.26. The Labute approximate surface area is 87.7 Å². The van der Waals surface area contributed by atoms with E-state index in [1.165, 1.54) is 6.92 Å². The molecule has 2 rings (SSSR count). The molecule has 0 N–H and O–H groups in total. The third-order valence-corrected chi connectivity index (χ3v) is 2.22. The van der Waals surface area contributed by atoms with Crippen LogP contribution in [0.15, 0.2) is 30.5 Å². The highest BCUT2D eigenvalue weighted by molar-refractivity contribution is 5.91. The van der Waals surface area contributed by atoms with Gasteiger partial charge in [0.2, 0.25) is 0 Å². The van der Waals surface area contributed by atoms with E-state index in [1.54, 1.807) is 12.3 Å². The number of carbonyl (C=O) groups is 1. The monoisotopic (exact) mass is 201 g/mol. The van der Waals surface area contributed by atoms with Gasteiger partial charge >= 0.3 is 5.97 Å². The van der Waals surface area contributed by atoms with E-state index in [1.807, 2.05) is 25.1 Å². The Bertz CT molecular complexity index is 520. The first-order chi connectivity index (χ1) is 7.18. The molecular weight excluding hydrogens is 190 g/mol. The summed E-state index contributed by atoms with van der Waals surface area (Å²) in [6, 6.07) is 7.45. The molecule has 0 amide bonds. The van der Waals surface area contributed by atoms with Gasteiger partial charge in [0, 0.05) is 29.6 Å². The SMILES string of the molecule is CC(=O)Oc1cccc2c(C)nccc12. The predicted octanol–water partition coefficient (Wildman–Crippen LogP) is 2.47. The molecule has 3 nitrogen and oxygen atoms in total. The molecule has 0 saturated heterocycles. The summed E-state index contributed by atoms with van der Waals surface area (Å²) >= 11 is 0. The molecule has 0 aliphatic heterocycles. The van der Waals surface area contributed by atoms with Gasteiger partial charge in [0.05, 0.1) is 0 Å². The van der Waals surface area contributed by atoms with Crippen molar-refractivity contribution < 1.29 is 9.53 Å². The molecule has 1 heterocycles. The van der Waals surface area contributed by atoms with Gasteiger partial charge in [-0.15, -0.1) is 0 Å². The summed E-state index contributed by atoms with van der Waals surface area (Å²) in [4.78, 5) is 15.1. The lowest BCUT2D eigenvalue weighted by atomic mass is 10.1. The van der Waals surface area contributed by atoms with E-state index >= 15 is 0 Å². The molecule has 0 spiro atoms. The minimum Gasteiger partial charge on any atom is -0.426 e. The van der Waals surface area contributed by atoms with Crippen molar-refractivity contribution in [1.82, 2.24) is 4.98 Å². The van der Waals surface area contributed by atoms with Gasteiger partial charge in [0.25, 0.3) is 0 Å². The number of aryl methyl sites for hydroxylation is 1. The predicted molar refractivity (Wildman–Crippen MR) is 57.8 cm³/mol. The number of benzene rings is 1. The van der Waals surface area contributed by atoms with Gasteiger partial charge in [-0.25, -0.2) is 0 Å². The van der Waals surface area contributed by atoms with Crippen LogP contribution in [0.5, 0.6) is 5.75 Å². The van der Waals surface area contributed by atoms with Crippen LogP contribution >= 0.6 is 0 Å². The molecule has 0 saturated carbocycles. The first-order valence-corrected chi connectivity index (χ1v) is 4.71. The fourth-order valence-corrected chi connectivity index (χ4v) is 1.57. The molecule has 76 valence electrons. The number of rotatable bonds is 1. The van der Waals surface area contributed by atoms with Gasteiger partial charge < -0.3 is 4.74 Å². The maximum Gasteiger partial charge on any atom is 0.308 e. The average Bonchev–Trinajstić information content (AvgIpc) is 2.19. The van der Waals surface area contributed by atoms with Crippen LogP contribution in [0.2, 0.25) is 0 Å². The molecule has 1 aromatic carbocycles. The Kier molecular flexibility index (Phi) is 2.37. The molecule has 0 atom stereocenters. The molecule has 2 aromatic rings. The van der Waals surface area contributed by atoms with Crippen molar-refractivity contribution in [2.75, 3.05) is 0 Å². The lowest BCUT2D eigenvalue weighted by Crippen LogP contribution is -2.01. The summed E-state index contributed by atoms with van der Waals surface area (Å²) in [6.45, 7) is 3.33. The van der Waals surface area contributed by atoms with Gasteiger partial charge in [-0.3, -0.25) is 9.78 Å². The third-order valence-electron chi connectivity index (χ3n) is 2.22. The van der Waals surface area contributed by atoms with E-state index in [-0.39, 0.29) is 5.97 Å². The number of fused-ring (bicyclic) bond motifs is 1. The largest absolute Gasteiger partial charge is 0.426 e. The standard InChI is InChI=1S/C12H11NO2/c1-8-10-4-3-5-12(15-9(2)14)11(10)6-7-13-8/h3-7H,1-2H3. The lowest BCUT2D eigenvalue weighted by molar-refractivity contribution is -0.131. The third kappa shape index (κ3) is 1.81. The number of pyridine rings is 1. The minimum atomic E-state index is -0.308. The van der Waals surface area contributed by atoms with Crippen LogP contribution in [0.3, 0.4) is 0 Å². The molecule has 1 aromatic heterocycles. The van der Waals surface area contributed by atoms with Gasteiger partial charge in [-0.05, 0) is 19.1 Å². The van der Waals surface area contributed by atoms with Crippen molar-refractivity contribution in [3.8, 4) is 5.75 Å². The maximum atomic E-state index is 10.9. The fraction of sp³-hybridized carbons (Fsp3) is 0.167. The summed E-state index contributed by atoms with van der Waals surface area (Å²) in [6.07, 6.45) is 1.71. The lowest BCUT2D eigenvalue weighted by Gasteiger charge is -2.06. The highest BCUT2D eigenvalue weighted by atomic mass is 16.5. The van der Waals surface area contributed by atoms with E-state index in [4.69, 9.17) is 4.74 Å². The average molecular weight is 201 g/mol. The molecule has 15 heavy (non-hydrogen) atoms. The van der Waals surface area contributed by atoms with Crippen LogP contribution < -0.4 is 4.74 Å². The van der Waals surface area contributed by atoms with E-state index in [0.29, 0.717) is 5.75 Å². The van der Waals surface area contributed by atoms with Gasteiger partial charge in [0.15, 0.2) is 0 Å². The second-order valence-electron chi connectivity index (χ2n) is 3.34. The second-order valence-corrected chi connectivity index (χ2v) is 3.34. The molecule has 0 radical (unpaired) electrons. The topological polar surface area (TPSA) is 39.2 Å². The van der Waals surface area contributed by atoms with Crippen LogP contribution in [-0.2, 0) is 4.79 Å². The Morgan fingerprint density at radius 2 is 2.07 bits per heavy atom. The normalized spacial score (nSPS) is 10.3. The van der Waals surface area contributed by atoms with E-state index in [0.717, 1.165) is 16.5 Å². The van der Waals surface area contributed by atoms with Crippen molar-refractivity contribution >= 4 is 16.7 Å². The van der Waals surface area contributed by atoms with E-state index in [9.17, 15) is 4.79 Å². The zero-order valence-corrected chi connectivity index (χ0v) is 8.65. The number of ether oxygens (including phenoxy) is 1. The van der Waals surface area contributed by atoms with E-state index in [2.05, 4.69) is 4.98 Å². The number of esters is 1. The van der Waals surface area contributed by atoms with Gasteiger partial charge in [0.1, 0.15) is 5.75 Å². The van der Waals surface area contributed by atoms with Crippen molar-refractivity contribution in [3.05, 3.63) is 36.2 Å². The van der Waals surface area contributed by atoms with Crippen LogP contribution in [0.25, 0.3) is 10.8 Å². The molecule has 0 fully saturated rings. The highest BCUT2D eigenvalue weighted by Gasteiger charge is 2.05. The summed E-state index contributed by atoms with van der Waals surface area (Å²) in [5.74, 6) is 0.280. The van der Waals surface area contributed by atoms with Crippen LogP contribution in [0, 0.1) is 6.92 Å². The number of aromatic nitrogens is 1. The van der Waals surface area contributed by atoms with Gasteiger partial charge in [-0.2, -0.15) is 0 Å². The number of carbonyl (C=O) groups excluding carboxylic acids is 1. The summed E-state index contributed by atoms with van der Waals surface area (Å²) in [7, 11) is 0. The second kappa shape index (κ2) is 3.69. The first kappa shape index (κ1) is 9.65. The fourth-order valence-electron chi connectivity index (χ4n) is 1.57.